The smallest absolute Gasteiger partial charge is 0.294 e. The van der Waals surface area contributed by atoms with E-state index in [-0.39, 0.29) is 12.0 Å². The van der Waals surface area contributed by atoms with E-state index in [1.165, 1.54) is 12.1 Å². The molecule has 1 nitrogen and oxygen atoms in total. The van der Waals surface area contributed by atoms with Crippen molar-refractivity contribution in [3.05, 3.63) is 33.8 Å². The molecular weight excluding hydrogens is 353 g/mol. The van der Waals surface area contributed by atoms with Crippen LogP contribution in [0.25, 0.3) is 0 Å². The zero-order valence-corrected chi connectivity index (χ0v) is 11.1. The van der Waals surface area contributed by atoms with Crippen molar-refractivity contribution in [2.24, 2.45) is 0 Å². The lowest BCUT2D eigenvalue weighted by molar-refractivity contribution is -0.137. The second-order valence-electron chi connectivity index (χ2n) is 3.05. The van der Waals surface area contributed by atoms with Crippen molar-refractivity contribution < 1.29 is 18.0 Å². The third kappa shape index (κ3) is 3.31. The van der Waals surface area contributed by atoms with Crippen LogP contribution >= 0.6 is 31.9 Å². The van der Waals surface area contributed by atoms with Crippen LogP contribution < -0.4 is 0 Å². The molecule has 0 aliphatic carbocycles. The van der Waals surface area contributed by atoms with E-state index in [1.807, 2.05) is 0 Å². The number of carbonyl (C=O) groups excluding carboxylic acids is 1. The fraction of sp³-hybridized carbons (Fsp3) is 0.300. The van der Waals surface area contributed by atoms with E-state index in [0.29, 0.717) is 9.80 Å². The Balaban J connectivity index is 3.24. The maximum atomic E-state index is 12.6. The van der Waals surface area contributed by atoms with E-state index in [0.717, 1.165) is 6.07 Å². The van der Waals surface area contributed by atoms with Crippen molar-refractivity contribution in [1.82, 2.24) is 0 Å². The molecule has 0 aliphatic rings. The highest BCUT2D eigenvalue weighted by Crippen LogP contribution is 2.33. The van der Waals surface area contributed by atoms with Gasteiger partial charge in [-0.2, -0.15) is 13.2 Å². The minimum atomic E-state index is -4.50. The van der Waals surface area contributed by atoms with Gasteiger partial charge in [-0.25, -0.2) is 0 Å². The minimum Gasteiger partial charge on any atom is -0.294 e. The molecule has 6 heteroatoms. The topological polar surface area (TPSA) is 17.1 Å². The van der Waals surface area contributed by atoms with Crippen LogP contribution in [0.2, 0.25) is 0 Å². The third-order valence-electron chi connectivity index (χ3n) is 1.91. The Hall–Kier alpha value is -0.360. The second-order valence-corrected chi connectivity index (χ2v) is 4.76. The fourth-order valence-electron chi connectivity index (χ4n) is 1.21. The number of rotatable bonds is 3. The molecule has 0 heterocycles. The summed E-state index contributed by atoms with van der Waals surface area (Å²) < 4.78 is 38.3. The van der Waals surface area contributed by atoms with Gasteiger partial charge in [-0.15, -0.1) is 0 Å². The Kier molecular flexibility index (Phi) is 4.55. The first-order valence-corrected chi connectivity index (χ1v) is 6.23. The predicted octanol–water partition coefficient (Wildman–Crippen LogP) is 4.44. The number of Topliss-reactive ketones (excluding diaryl/α,β-unsaturated/α-hetero) is 1. The van der Waals surface area contributed by atoms with Crippen LogP contribution in [0, 0.1) is 0 Å². The van der Waals surface area contributed by atoms with Gasteiger partial charge in [-0.3, -0.25) is 4.79 Å². The number of carbonyl (C=O) groups is 1. The van der Waals surface area contributed by atoms with Gasteiger partial charge in [0.2, 0.25) is 0 Å². The summed E-state index contributed by atoms with van der Waals surface area (Å²) >= 11 is 6.08. The molecule has 1 aromatic carbocycles. The highest BCUT2D eigenvalue weighted by atomic mass is 79.9. The Labute approximate surface area is 107 Å². The number of hydrogen-bond acceptors (Lipinski definition) is 1. The molecule has 1 aromatic rings. The average Bonchev–Trinajstić information content (AvgIpc) is 2.16. The van der Waals surface area contributed by atoms with Gasteiger partial charge >= 0.3 is 6.18 Å². The van der Waals surface area contributed by atoms with Gasteiger partial charge < -0.3 is 0 Å². The van der Waals surface area contributed by atoms with E-state index in [2.05, 4.69) is 31.9 Å². The van der Waals surface area contributed by atoms with Crippen LogP contribution in [0.5, 0.6) is 0 Å². The summed E-state index contributed by atoms with van der Waals surface area (Å²) in [5.74, 6) is -0.523. The van der Waals surface area contributed by atoms with Gasteiger partial charge in [-0.1, -0.05) is 31.9 Å². The zero-order chi connectivity index (χ0) is 12.3. The van der Waals surface area contributed by atoms with Crippen molar-refractivity contribution >= 4 is 37.6 Å². The summed E-state index contributed by atoms with van der Waals surface area (Å²) in [7, 11) is 0. The van der Waals surface area contributed by atoms with Crippen LogP contribution in [-0.2, 0) is 6.18 Å². The van der Waals surface area contributed by atoms with Crippen LogP contribution in [0.15, 0.2) is 22.7 Å². The van der Waals surface area contributed by atoms with Gasteiger partial charge in [0, 0.05) is 21.8 Å². The zero-order valence-electron chi connectivity index (χ0n) is 7.94. The molecule has 0 aromatic heterocycles. The van der Waals surface area contributed by atoms with Crippen molar-refractivity contribution in [3.8, 4) is 0 Å². The van der Waals surface area contributed by atoms with Crippen LogP contribution in [0.3, 0.4) is 0 Å². The maximum Gasteiger partial charge on any atom is 0.417 e. The number of halogens is 5. The third-order valence-corrected chi connectivity index (χ3v) is 2.80. The highest BCUT2D eigenvalue weighted by molar-refractivity contribution is 9.10. The lowest BCUT2D eigenvalue weighted by atomic mass is 10.0. The molecule has 0 unspecified atom stereocenters. The fourth-order valence-corrected chi connectivity index (χ4v) is 1.94. The van der Waals surface area contributed by atoms with Crippen LogP contribution in [0.4, 0.5) is 13.2 Å². The monoisotopic (exact) mass is 358 g/mol. The van der Waals surface area contributed by atoms with E-state index in [1.54, 1.807) is 0 Å². The lowest BCUT2D eigenvalue weighted by Gasteiger charge is -2.11. The molecule has 88 valence electrons. The summed E-state index contributed by atoms with van der Waals surface area (Å²) in [6, 6.07) is 3.38. The van der Waals surface area contributed by atoms with Crippen molar-refractivity contribution in [3.63, 3.8) is 0 Å². The van der Waals surface area contributed by atoms with Gasteiger partial charge in [0.1, 0.15) is 0 Å². The number of alkyl halides is 4. The van der Waals surface area contributed by atoms with Crippen LogP contribution in [0.1, 0.15) is 22.3 Å². The molecule has 0 aliphatic heterocycles. The number of hydrogen-bond donors (Lipinski definition) is 0. The largest absolute Gasteiger partial charge is 0.417 e. The molecule has 0 fully saturated rings. The lowest BCUT2D eigenvalue weighted by Crippen LogP contribution is -2.13. The molecule has 0 spiro atoms. The normalized spacial score (nSPS) is 11.6. The summed E-state index contributed by atoms with van der Waals surface area (Å²) in [6.07, 6.45) is -4.46. The SMILES string of the molecule is O=C(CCBr)c1cc(Br)ccc1C(F)(F)F. The first kappa shape index (κ1) is 13.7. The van der Waals surface area contributed by atoms with Gasteiger partial charge in [0.05, 0.1) is 5.56 Å². The van der Waals surface area contributed by atoms with Crippen molar-refractivity contribution in [1.29, 1.82) is 0 Å². The molecular formula is C10H7Br2F3O. The Morgan fingerprint density at radius 3 is 2.44 bits per heavy atom. The molecule has 0 atom stereocenters. The summed E-state index contributed by atoms with van der Waals surface area (Å²) in [4.78, 5) is 11.5. The molecule has 0 radical (unpaired) electrons. The van der Waals surface area contributed by atoms with E-state index < -0.39 is 17.5 Å². The second kappa shape index (κ2) is 5.31. The summed E-state index contributed by atoms with van der Waals surface area (Å²) in [6.45, 7) is 0. The van der Waals surface area contributed by atoms with E-state index >= 15 is 0 Å². The Morgan fingerprint density at radius 2 is 1.94 bits per heavy atom. The standard InChI is InChI=1S/C10H7Br2F3O/c11-4-3-9(16)7-5-6(12)1-2-8(7)10(13,14)15/h1-2,5H,3-4H2. The highest BCUT2D eigenvalue weighted by Gasteiger charge is 2.34. The molecule has 0 bridgehead atoms. The first-order chi connectivity index (χ1) is 7.36. The van der Waals surface area contributed by atoms with E-state index in [4.69, 9.17) is 0 Å². The maximum absolute atomic E-state index is 12.6. The van der Waals surface area contributed by atoms with Gasteiger partial charge in [0.25, 0.3) is 0 Å². The molecule has 0 saturated carbocycles. The van der Waals surface area contributed by atoms with Gasteiger partial charge in [-0.05, 0) is 18.2 Å². The Bertz CT molecular complexity index is 402. The molecule has 0 N–H and O–H groups in total. The summed E-state index contributed by atoms with van der Waals surface area (Å²) in [5.41, 5.74) is -1.18. The molecule has 0 saturated heterocycles. The average molecular weight is 360 g/mol. The Morgan fingerprint density at radius 1 is 1.31 bits per heavy atom. The summed E-state index contributed by atoms with van der Waals surface area (Å²) in [5, 5.41) is 0.343. The molecule has 1 rings (SSSR count). The quantitative estimate of drug-likeness (QED) is 0.576. The van der Waals surface area contributed by atoms with Crippen LogP contribution in [-0.4, -0.2) is 11.1 Å². The molecule has 16 heavy (non-hydrogen) atoms. The molecule has 0 amide bonds. The predicted molar refractivity (Wildman–Crippen MR) is 61.9 cm³/mol. The first-order valence-electron chi connectivity index (χ1n) is 4.32. The van der Waals surface area contributed by atoms with Crippen molar-refractivity contribution in [2.75, 3.05) is 5.33 Å². The van der Waals surface area contributed by atoms with Crippen molar-refractivity contribution in [2.45, 2.75) is 12.6 Å². The number of ketones is 1. The minimum absolute atomic E-state index is 0.0412. The number of benzene rings is 1. The van der Waals surface area contributed by atoms with Gasteiger partial charge in [0.15, 0.2) is 5.78 Å². The van der Waals surface area contributed by atoms with E-state index in [9.17, 15) is 18.0 Å².